The van der Waals surface area contributed by atoms with Gasteiger partial charge in [0, 0.05) is 43.8 Å². The molecule has 21 heavy (non-hydrogen) atoms. The fourth-order valence-electron chi connectivity index (χ4n) is 2.25. The van der Waals surface area contributed by atoms with Crippen LogP contribution in [0.1, 0.15) is 25.6 Å². The molecule has 0 radical (unpaired) electrons. The molecule has 1 fully saturated rings. The smallest absolute Gasteiger partial charge is 0.246 e. The summed E-state index contributed by atoms with van der Waals surface area (Å²) in [6, 6.07) is 0. The molecule has 0 aliphatic carbocycles. The molecule has 2 aromatic rings. The zero-order valence-electron chi connectivity index (χ0n) is 12.4. The Hall–Kier alpha value is -1.96. The molecule has 3 heterocycles. The van der Waals surface area contributed by atoms with E-state index in [0.717, 1.165) is 23.2 Å². The first-order chi connectivity index (χ1) is 10.0. The van der Waals surface area contributed by atoms with Crippen LogP contribution in [0.5, 0.6) is 0 Å². The lowest BCUT2D eigenvalue weighted by atomic mass is 10.2. The van der Waals surface area contributed by atoms with Crippen LogP contribution in [-0.4, -0.2) is 44.7 Å². The zero-order valence-corrected chi connectivity index (χ0v) is 13.2. The van der Waals surface area contributed by atoms with E-state index in [1.165, 1.54) is 11.5 Å². The second kappa shape index (κ2) is 5.44. The molecule has 7 nitrogen and oxygen atoms in total. The summed E-state index contributed by atoms with van der Waals surface area (Å²) in [5.74, 6) is 1.22. The fraction of sp³-hybridized carbons (Fsp3) is 0.538. The van der Waals surface area contributed by atoms with Crippen molar-refractivity contribution < 1.29 is 4.79 Å². The van der Waals surface area contributed by atoms with E-state index < -0.39 is 0 Å². The van der Waals surface area contributed by atoms with Gasteiger partial charge in [-0.05, 0) is 0 Å². The molecule has 2 aromatic heterocycles. The maximum Gasteiger partial charge on any atom is 0.246 e. The van der Waals surface area contributed by atoms with E-state index in [1.54, 1.807) is 15.8 Å². The van der Waals surface area contributed by atoms with Gasteiger partial charge >= 0.3 is 0 Å². The molecule has 112 valence electrons. The molecule has 0 spiro atoms. The molecule has 0 atom stereocenters. The Morgan fingerprint density at radius 1 is 1.33 bits per heavy atom. The van der Waals surface area contributed by atoms with Gasteiger partial charge in [-0.25, -0.2) is 4.98 Å². The topological polar surface area (TPSA) is 67.2 Å². The molecular formula is C13H18N6OS. The highest BCUT2D eigenvalue weighted by Gasteiger charge is 2.27. The fourth-order valence-corrected chi connectivity index (χ4v) is 3.08. The largest absolute Gasteiger partial charge is 0.336 e. The normalized spacial score (nSPS) is 16.1. The molecule has 1 amide bonds. The van der Waals surface area contributed by atoms with Crippen molar-refractivity contribution in [1.29, 1.82) is 0 Å². The van der Waals surface area contributed by atoms with Crippen LogP contribution in [-0.2, 0) is 11.8 Å². The van der Waals surface area contributed by atoms with Crippen LogP contribution in [0.3, 0.4) is 0 Å². The Labute approximate surface area is 127 Å². The molecule has 1 aliphatic heterocycles. The Kier molecular flexibility index (Phi) is 3.62. The number of carbonyl (C=O) groups excluding carboxylic acids is 1. The molecule has 0 unspecified atom stereocenters. The van der Waals surface area contributed by atoms with E-state index in [1.807, 2.05) is 18.1 Å². The van der Waals surface area contributed by atoms with Crippen LogP contribution < -0.4 is 9.80 Å². The van der Waals surface area contributed by atoms with E-state index >= 15 is 0 Å². The van der Waals surface area contributed by atoms with Crippen molar-refractivity contribution >= 4 is 28.3 Å². The van der Waals surface area contributed by atoms with E-state index in [-0.39, 0.29) is 5.91 Å². The quantitative estimate of drug-likeness (QED) is 0.854. The molecule has 0 N–H and O–H groups in total. The molecule has 8 heteroatoms. The van der Waals surface area contributed by atoms with Crippen LogP contribution in [0.4, 0.5) is 10.8 Å². The van der Waals surface area contributed by atoms with E-state index in [0.29, 0.717) is 19.0 Å². The summed E-state index contributed by atoms with van der Waals surface area (Å²) in [6.07, 6.45) is 3.57. The number of piperazine rings is 1. The molecule has 0 saturated carbocycles. The first-order valence-electron chi connectivity index (χ1n) is 6.92. The SMILES string of the molecule is CC(C)c1nsc(N2CCN(c3cnn(C)c3)C(=O)C2)n1. The van der Waals surface area contributed by atoms with Gasteiger partial charge in [0.2, 0.25) is 11.0 Å². The minimum atomic E-state index is 0.0653. The predicted molar refractivity (Wildman–Crippen MR) is 81.8 cm³/mol. The van der Waals surface area contributed by atoms with Crippen molar-refractivity contribution in [1.82, 2.24) is 19.1 Å². The maximum absolute atomic E-state index is 12.3. The lowest BCUT2D eigenvalue weighted by Gasteiger charge is -2.33. The number of nitrogens with zero attached hydrogens (tertiary/aromatic N) is 6. The highest BCUT2D eigenvalue weighted by atomic mass is 32.1. The minimum absolute atomic E-state index is 0.0653. The highest BCUT2D eigenvalue weighted by molar-refractivity contribution is 7.09. The van der Waals surface area contributed by atoms with Crippen LogP contribution in [0, 0.1) is 0 Å². The summed E-state index contributed by atoms with van der Waals surface area (Å²) in [4.78, 5) is 20.6. The molecule has 1 aliphatic rings. The standard InChI is InChI=1S/C13H18N6OS/c1-9(2)12-15-13(21-16-12)18-4-5-19(11(20)8-18)10-6-14-17(3)7-10/h6-7,9H,4-5,8H2,1-3H3. The van der Waals surface area contributed by atoms with Gasteiger partial charge in [-0.15, -0.1) is 0 Å². The Morgan fingerprint density at radius 3 is 2.71 bits per heavy atom. The second-order valence-electron chi connectivity index (χ2n) is 5.43. The van der Waals surface area contributed by atoms with Crippen LogP contribution >= 0.6 is 11.5 Å². The summed E-state index contributed by atoms with van der Waals surface area (Å²) < 4.78 is 6.05. The van der Waals surface area contributed by atoms with Crippen molar-refractivity contribution in [3.8, 4) is 0 Å². The molecule has 0 bridgehead atoms. The Balaban J connectivity index is 1.71. The lowest BCUT2D eigenvalue weighted by molar-refractivity contribution is -0.117. The van der Waals surface area contributed by atoms with E-state index in [2.05, 4.69) is 28.3 Å². The average molecular weight is 306 g/mol. The number of carbonyl (C=O) groups is 1. The van der Waals surface area contributed by atoms with Crippen molar-refractivity contribution in [3.63, 3.8) is 0 Å². The summed E-state index contributed by atoms with van der Waals surface area (Å²) in [6.45, 7) is 5.87. The summed E-state index contributed by atoms with van der Waals surface area (Å²) in [5.41, 5.74) is 0.849. The molecule has 1 saturated heterocycles. The third kappa shape index (κ3) is 2.76. The number of aromatic nitrogens is 4. The van der Waals surface area contributed by atoms with Gasteiger partial charge in [0.05, 0.1) is 18.4 Å². The zero-order chi connectivity index (χ0) is 15.0. The Morgan fingerprint density at radius 2 is 2.14 bits per heavy atom. The first kappa shape index (κ1) is 14.0. The van der Waals surface area contributed by atoms with Crippen molar-refractivity contribution in [3.05, 3.63) is 18.2 Å². The van der Waals surface area contributed by atoms with Gasteiger partial charge < -0.3 is 9.80 Å². The maximum atomic E-state index is 12.3. The van der Waals surface area contributed by atoms with Crippen molar-refractivity contribution in [2.24, 2.45) is 7.05 Å². The van der Waals surface area contributed by atoms with Crippen LogP contribution in [0.25, 0.3) is 0 Å². The van der Waals surface area contributed by atoms with Gasteiger partial charge in [-0.2, -0.15) is 9.47 Å². The van der Waals surface area contributed by atoms with Crippen molar-refractivity contribution in [2.75, 3.05) is 29.4 Å². The van der Waals surface area contributed by atoms with Gasteiger partial charge in [-0.3, -0.25) is 9.48 Å². The summed E-state index contributed by atoms with van der Waals surface area (Å²) >= 11 is 1.37. The van der Waals surface area contributed by atoms with Gasteiger partial charge in [-0.1, -0.05) is 13.8 Å². The minimum Gasteiger partial charge on any atom is -0.336 e. The number of rotatable bonds is 3. The lowest BCUT2D eigenvalue weighted by Crippen LogP contribution is -2.50. The van der Waals surface area contributed by atoms with Crippen LogP contribution in [0.15, 0.2) is 12.4 Å². The number of hydrogen-bond acceptors (Lipinski definition) is 6. The van der Waals surface area contributed by atoms with E-state index in [9.17, 15) is 4.79 Å². The van der Waals surface area contributed by atoms with Crippen molar-refractivity contribution in [2.45, 2.75) is 19.8 Å². The van der Waals surface area contributed by atoms with Gasteiger partial charge in [0.25, 0.3) is 0 Å². The number of aryl methyl sites for hydroxylation is 1. The summed E-state index contributed by atoms with van der Waals surface area (Å²) in [7, 11) is 1.85. The molecular weight excluding hydrogens is 288 g/mol. The third-order valence-electron chi connectivity index (χ3n) is 3.44. The van der Waals surface area contributed by atoms with E-state index in [4.69, 9.17) is 0 Å². The van der Waals surface area contributed by atoms with Gasteiger partial charge in [0.15, 0.2) is 0 Å². The number of hydrogen-bond donors (Lipinski definition) is 0. The number of amides is 1. The highest BCUT2D eigenvalue weighted by Crippen LogP contribution is 2.24. The predicted octanol–water partition coefficient (Wildman–Crippen LogP) is 1.25. The molecule has 3 rings (SSSR count). The second-order valence-corrected chi connectivity index (χ2v) is 6.16. The van der Waals surface area contributed by atoms with Gasteiger partial charge in [0.1, 0.15) is 5.82 Å². The monoisotopic (exact) mass is 306 g/mol. The first-order valence-corrected chi connectivity index (χ1v) is 7.69. The summed E-state index contributed by atoms with van der Waals surface area (Å²) in [5, 5.41) is 4.95. The third-order valence-corrected chi connectivity index (χ3v) is 4.23. The molecule has 0 aromatic carbocycles. The average Bonchev–Trinajstić information content (AvgIpc) is 3.07. The van der Waals surface area contributed by atoms with Crippen LogP contribution in [0.2, 0.25) is 0 Å². The Bertz CT molecular complexity index is 649. The number of anilines is 2.